The van der Waals surface area contributed by atoms with Crippen LogP contribution in [0.3, 0.4) is 0 Å². The first-order valence-electron chi connectivity index (χ1n) is 5.07. The average Bonchev–Trinajstić information content (AvgIpc) is 2.85. The second-order valence-corrected chi connectivity index (χ2v) is 4.34. The molecule has 7 heteroatoms. The van der Waals surface area contributed by atoms with Crippen molar-refractivity contribution in [2.24, 2.45) is 0 Å². The van der Waals surface area contributed by atoms with Gasteiger partial charge in [-0.05, 0) is 22.6 Å². The van der Waals surface area contributed by atoms with Crippen molar-refractivity contribution in [3.63, 3.8) is 0 Å². The number of nitrogens with zero attached hydrogens (tertiary/aromatic N) is 4. The van der Waals surface area contributed by atoms with Gasteiger partial charge in [0.15, 0.2) is 0 Å². The molecular weight excluding hydrogens is 240 g/mol. The zero-order valence-corrected chi connectivity index (χ0v) is 9.79. The molecule has 0 aliphatic heterocycles. The summed E-state index contributed by atoms with van der Waals surface area (Å²) in [7, 11) is 0. The molecule has 1 aromatic carbocycles. The Bertz CT molecular complexity index is 462. The summed E-state index contributed by atoms with van der Waals surface area (Å²) in [4.78, 5) is 0. The fourth-order valence-corrected chi connectivity index (χ4v) is 2.03. The molecule has 17 heavy (non-hydrogen) atoms. The van der Waals surface area contributed by atoms with Crippen molar-refractivity contribution in [2.75, 3.05) is 12.4 Å². The molecule has 0 amide bonds. The lowest BCUT2D eigenvalue weighted by molar-refractivity contribution is 0.113. The maximum Gasteiger partial charge on any atom is 0.214 e. The van der Waals surface area contributed by atoms with Crippen molar-refractivity contribution in [1.29, 1.82) is 0 Å². The number of hydrogen-bond donors (Lipinski definition) is 2. The van der Waals surface area contributed by atoms with Gasteiger partial charge in [-0.15, -0.1) is 5.10 Å². The highest BCUT2D eigenvalue weighted by Gasteiger charge is 2.11. The number of para-hydroxylation sites is 1. The second-order valence-electron chi connectivity index (χ2n) is 3.36. The quantitative estimate of drug-likeness (QED) is 0.735. The third-order valence-electron chi connectivity index (χ3n) is 2.06. The SMILES string of the molecule is OCC(O)CSc1nnnn1-c1ccccc1. The Morgan fingerprint density at radius 1 is 1.29 bits per heavy atom. The first kappa shape index (κ1) is 12.0. The van der Waals surface area contributed by atoms with E-state index < -0.39 is 6.10 Å². The number of aromatic nitrogens is 4. The summed E-state index contributed by atoms with van der Waals surface area (Å²) in [5.74, 6) is 0.351. The van der Waals surface area contributed by atoms with Crippen LogP contribution in [0.1, 0.15) is 0 Å². The van der Waals surface area contributed by atoms with Gasteiger partial charge in [-0.3, -0.25) is 0 Å². The average molecular weight is 252 g/mol. The number of thioether (sulfide) groups is 1. The predicted octanol–water partition coefficient (Wildman–Crippen LogP) is 0.108. The Hall–Kier alpha value is -1.44. The molecule has 90 valence electrons. The van der Waals surface area contributed by atoms with E-state index in [4.69, 9.17) is 5.11 Å². The van der Waals surface area contributed by atoms with Gasteiger partial charge < -0.3 is 10.2 Å². The molecule has 6 nitrogen and oxygen atoms in total. The van der Waals surface area contributed by atoms with Crippen LogP contribution in [0.25, 0.3) is 5.69 Å². The number of rotatable bonds is 5. The van der Waals surface area contributed by atoms with Gasteiger partial charge in [0.05, 0.1) is 18.4 Å². The van der Waals surface area contributed by atoms with Crippen molar-refractivity contribution in [3.8, 4) is 5.69 Å². The standard InChI is InChI=1S/C10H12N4O2S/c15-6-9(16)7-17-10-11-12-13-14(10)8-4-2-1-3-5-8/h1-5,9,15-16H,6-7H2. The Balaban J connectivity index is 2.12. The fourth-order valence-electron chi connectivity index (χ4n) is 1.22. The molecule has 2 rings (SSSR count). The van der Waals surface area contributed by atoms with Gasteiger partial charge in [0.25, 0.3) is 0 Å². The normalized spacial score (nSPS) is 12.6. The van der Waals surface area contributed by atoms with E-state index in [0.717, 1.165) is 5.69 Å². The largest absolute Gasteiger partial charge is 0.394 e. The fraction of sp³-hybridized carbons (Fsp3) is 0.300. The number of aliphatic hydroxyl groups excluding tert-OH is 2. The summed E-state index contributed by atoms with van der Waals surface area (Å²) in [5.41, 5.74) is 0.860. The number of hydrogen-bond acceptors (Lipinski definition) is 6. The van der Waals surface area contributed by atoms with Gasteiger partial charge in [0.1, 0.15) is 0 Å². The minimum Gasteiger partial charge on any atom is -0.394 e. The van der Waals surface area contributed by atoms with Crippen molar-refractivity contribution < 1.29 is 10.2 Å². The summed E-state index contributed by atoms with van der Waals surface area (Å²) >= 11 is 1.30. The van der Waals surface area contributed by atoms with Crippen molar-refractivity contribution in [3.05, 3.63) is 30.3 Å². The Morgan fingerprint density at radius 2 is 2.06 bits per heavy atom. The molecule has 0 spiro atoms. The van der Waals surface area contributed by atoms with E-state index in [2.05, 4.69) is 15.5 Å². The first-order valence-corrected chi connectivity index (χ1v) is 6.05. The lowest BCUT2D eigenvalue weighted by Crippen LogP contribution is -2.15. The number of tetrazole rings is 1. The minimum atomic E-state index is -0.763. The number of benzene rings is 1. The van der Waals surface area contributed by atoms with E-state index in [1.165, 1.54) is 11.8 Å². The van der Waals surface area contributed by atoms with Crippen LogP contribution in [-0.2, 0) is 0 Å². The van der Waals surface area contributed by atoms with Crippen LogP contribution in [-0.4, -0.2) is 48.9 Å². The van der Waals surface area contributed by atoms with Gasteiger partial charge in [-0.2, -0.15) is 4.68 Å². The molecule has 0 bridgehead atoms. The highest BCUT2D eigenvalue weighted by molar-refractivity contribution is 7.99. The monoisotopic (exact) mass is 252 g/mol. The maximum absolute atomic E-state index is 9.27. The molecule has 0 radical (unpaired) electrons. The Kier molecular flexibility index (Phi) is 4.08. The molecule has 0 fully saturated rings. The molecule has 2 aromatic rings. The first-order chi connectivity index (χ1) is 8.31. The van der Waals surface area contributed by atoms with Gasteiger partial charge >= 0.3 is 0 Å². The zero-order valence-electron chi connectivity index (χ0n) is 8.97. The summed E-state index contributed by atoms with van der Waals surface area (Å²) in [6, 6.07) is 9.49. The van der Waals surface area contributed by atoms with Gasteiger partial charge in [-0.1, -0.05) is 30.0 Å². The third-order valence-corrected chi connectivity index (χ3v) is 3.12. The summed E-state index contributed by atoms with van der Waals surface area (Å²) < 4.78 is 1.59. The van der Waals surface area contributed by atoms with Gasteiger partial charge in [0, 0.05) is 5.75 Å². The molecule has 0 aliphatic rings. The molecule has 1 unspecified atom stereocenters. The van der Waals surface area contributed by atoms with E-state index in [1.54, 1.807) is 4.68 Å². The zero-order chi connectivity index (χ0) is 12.1. The Labute approximate surface area is 102 Å². The van der Waals surface area contributed by atoms with E-state index in [0.29, 0.717) is 10.9 Å². The number of aliphatic hydroxyl groups is 2. The lowest BCUT2D eigenvalue weighted by Gasteiger charge is -2.06. The Morgan fingerprint density at radius 3 is 2.76 bits per heavy atom. The van der Waals surface area contributed by atoms with Crippen molar-refractivity contribution in [1.82, 2.24) is 20.2 Å². The van der Waals surface area contributed by atoms with E-state index in [9.17, 15) is 5.11 Å². The van der Waals surface area contributed by atoms with Gasteiger partial charge in [-0.25, -0.2) is 0 Å². The smallest absolute Gasteiger partial charge is 0.214 e. The molecule has 1 heterocycles. The van der Waals surface area contributed by atoms with Crippen LogP contribution in [0.2, 0.25) is 0 Å². The maximum atomic E-state index is 9.27. The molecule has 0 saturated heterocycles. The molecule has 1 aromatic heterocycles. The highest BCUT2D eigenvalue weighted by Crippen LogP contribution is 2.18. The molecule has 2 N–H and O–H groups in total. The van der Waals surface area contributed by atoms with E-state index >= 15 is 0 Å². The van der Waals surface area contributed by atoms with E-state index in [-0.39, 0.29) is 6.61 Å². The summed E-state index contributed by atoms with van der Waals surface area (Å²) in [6.07, 6.45) is -0.763. The predicted molar refractivity (Wildman–Crippen MR) is 63.0 cm³/mol. The molecule has 0 saturated carbocycles. The van der Waals surface area contributed by atoms with E-state index in [1.807, 2.05) is 30.3 Å². The summed E-state index contributed by atoms with van der Waals surface area (Å²) in [6.45, 7) is -0.264. The molecular formula is C10H12N4O2S. The van der Waals surface area contributed by atoms with Crippen molar-refractivity contribution in [2.45, 2.75) is 11.3 Å². The summed E-state index contributed by atoms with van der Waals surface area (Å²) in [5, 5.41) is 29.9. The second kappa shape index (κ2) is 5.76. The van der Waals surface area contributed by atoms with Crippen LogP contribution in [0.4, 0.5) is 0 Å². The van der Waals surface area contributed by atoms with Crippen LogP contribution in [0, 0.1) is 0 Å². The third kappa shape index (κ3) is 3.02. The van der Waals surface area contributed by atoms with Crippen LogP contribution in [0.15, 0.2) is 35.5 Å². The topological polar surface area (TPSA) is 84.1 Å². The van der Waals surface area contributed by atoms with Crippen molar-refractivity contribution >= 4 is 11.8 Å². The lowest BCUT2D eigenvalue weighted by atomic mass is 10.3. The minimum absolute atomic E-state index is 0.264. The van der Waals surface area contributed by atoms with Gasteiger partial charge in [0.2, 0.25) is 5.16 Å². The molecule has 0 aliphatic carbocycles. The van der Waals surface area contributed by atoms with Crippen LogP contribution in [0.5, 0.6) is 0 Å². The molecule has 1 atom stereocenters. The van der Waals surface area contributed by atoms with Crippen LogP contribution < -0.4 is 0 Å². The highest BCUT2D eigenvalue weighted by atomic mass is 32.2. The van der Waals surface area contributed by atoms with Crippen LogP contribution >= 0.6 is 11.8 Å².